The topological polar surface area (TPSA) is 79.0 Å². The molecule has 6 nitrogen and oxygen atoms in total. The van der Waals surface area contributed by atoms with Crippen LogP contribution in [-0.4, -0.2) is 36.8 Å². The number of likely N-dealkylation sites (N-methyl/N-ethyl adjacent to an activating group) is 1. The summed E-state index contributed by atoms with van der Waals surface area (Å²) in [6.45, 7) is 4.66. The van der Waals surface area contributed by atoms with E-state index in [1.54, 1.807) is 7.11 Å². The summed E-state index contributed by atoms with van der Waals surface area (Å²) in [7, 11) is 3.56. The van der Waals surface area contributed by atoms with Crippen LogP contribution in [0.2, 0.25) is 0 Å². The van der Waals surface area contributed by atoms with Crippen LogP contribution in [-0.2, 0) is 11.2 Å². The number of carbonyl (C=O) groups excluding carboxylic acids is 1. The van der Waals surface area contributed by atoms with Gasteiger partial charge in [0.2, 0.25) is 0 Å². The van der Waals surface area contributed by atoms with Crippen LogP contribution in [0.25, 0.3) is 0 Å². The van der Waals surface area contributed by atoms with Gasteiger partial charge in [-0.25, -0.2) is 0 Å². The molecule has 3 N–H and O–H groups in total. The van der Waals surface area contributed by atoms with Gasteiger partial charge in [0.15, 0.2) is 5.69 Å². The lowest BCUT2D eigenvalue weighted by Crippen LogP contribution is -2.17. The van der Waals surface area contributed by atoms with E-state index in [-0.39, 0.29) is 12.0 Å². The number of hydrogen-bond donors (Lipinski definition) is 3. The molecule has 0 aromatic carbocycles. The molecule has 1 atom stereocenters. The third-order valence-corrected chi connectivity index (χ3v) is 4.63. The highest BCUT2D eigenvalue weighted by molar-refractivity contribution is 7.16. The smallest absolute Gasteiger partial charge is 0.277 e. The van der Waals surface area contributed by atoms with E-state index in [0.29, 0.717) is 5.69 Å². The second-order valence-electron chi connectivity index (χ2n) is 4.97. The van der Waals surface area contributed by atoms with Gasteiger partial charge in [0.05, 0.1) is 5.00 Å². The Balaban J connectivity index is 2.09. The molecule has 0 radical (unpaired) electrons. The summed E-state index contributed by atoms with van der Waals surface area (Å²) in [5.74, 6) is -0.190. The SMILES string of the molecule is CCc1[nH]nc(C(=O)Nc2ccc(C(CNC)OC)s2)c1C. The number of aryl methyl sites for hydroxylation is 1. The zero-order valence-corrected chi connectivity index (χ0v) is 14.1. The first kappa shape index (κ1) is 16.7. The quantitative estimate of drug-likeness (QED) is 0.732. The molecule has 0 bridgehead atoms. The number of methoxy groups -OCH3 is 1. The van der Waals surface area contributed by atoms with Gasteiger partial charge >= 0.3 is 0 Å². The van der Waals surface area contributed by atoms with Gasteiger partial charge in [-0.15, -0.1) is 11.3 Å². The number of thiophene rings is 1. The number of nitrogens with one attached hydrogen (secondary N) is 3. The third kappa shape index (κ3) is 3.55. The number of aromatic nitrogens is 2. The summed E-state index contributed by atoms with van der Waals surface area (Å²) < 4.78 is 5.43. The van der Waals surface area contributed by atoms with Crippen LogP contribution in [0.15, 0.2) is 12.1 Å². The lowest BCUT2D eigenvalue weighted by atomic mass is 10.1. The fourth-order valence-corrected chi connectivity index (χ4v) is 3.23. The van der Waals surface area contributed by atoms with E-state index in [1.807, 2.05) is 33.0 Å². The predicted octanol–water partition coefficient (Wildman–Crippen LogP) is 2.50. The minimum absolute atomic E-state index is 0.0144. The summed E-state index contributed by atoms with van der Waals surface area (Å²) >= 11 is 1.51. The first-order valence-electron chi connectivity index (χ1n) is 7.23. The highest BCUT2D eigenvalue weighted by atomic mass is 32.1. The number of anilines is 1. The van der Waals surface area contributed by atoms with E-state index in [4.69, 9.17) is 4.74 Å². The molecule has 1 amide bonds. The standard InChI is InChI=1S/C15H22N4O2S/c1-5-10-9(2)14(19-18-10)15(20)17-13-7-6-12(22-13)11(21-4)8-16-3/h6-7,11,16H,5,8H2,1-4H3,(H,17,20)(H,18,19). The van der Waals surface area contributed by atoms with E-state index in [1.165, 1.54) is 11.3 Å². The molecular weight excluding hydrogens is 300 g/mol. The number of nitrogens with zero attached hydrogens (tertiary/aromatic N) is 1. The Morgan fingerprint density at radius 2 is 2.27 bits per heavy atom. The fourth-order valence-electron chi connectivity index (χ4n) is 2.25. The van der Waals surface area contributed by atoms with E-state index < -0.39 is 0 Å². The Kier molecular flexibility index (Phi) is 5.70. The maximum Gasteiger partial charge on any atom is 0.277 e. The van der Waals surface area contributed by atoms with Gasteiger partial charge in [-0.2, -0.15) is 5.10 Å². The molecule has 1 unspecified atom stereocenters. The molecule has 22 heavy (non-hydrogen) atoms. The van der Waals surface area contributed by atoms with Crippen molar-refractivity contribution in [2.45, 2.75) is 26.4 Å². The maximum atomic E-state index is 12.3. The van der Waals surface area contributed by atoms with Gasteiger partial charge in [0, 0.05) is 29.8 Å². The van der Waals surface area contributed by atoms with Crippen LogP contribution in [0.4, 0.5) is 5.00 Å². The third-order valence-electron chi connectivity index (χ3n) is 3.53. The molecule has 7 heteroatoms. The average Bonchev–Trinajstić information content (AvgIpc) is 3.11. The predicted molar refractivity (Wildman–Crippen MR) is 88.7 cm³/mol. The summed E-state index contributed by atoms with van der Waals surface area (Å²) in [5.41, 5.74) is 2.34. The first-order valence-corrected chi connectivity index (χ1v) is 8.04. The van der Waals surface area contributed by atoms with Crippen molar-refractivity contribution in [1.82, 2.24) is 15.5 Å². The van der Waals surface area contributed by atoms with E-state index in [0.717, 1.165) is 34.1 Å². The number of hydrogen-bond acceptors (Lipinski definition) is 5. The Bertz CT molecular complexity index is 635. The number of aromatic amines is 1. The maximum absolute atomic E-state index is 12.3. The number of ether oxygens (including phenoxy) is 1. The van der Waals surface area contributed by atoms with Crippen LogP contribution in [0, 0.1) is 6.92 Å². The van der Waals surface area contributed by atoms with Crippen molar-refractivity contribution in [2.24, 2.45) is 0 Å². The highest BCUT2D eigenvalue weighted by Gasteiger charge is 2.17. The molecule has 0 aliphatic rings. The first-order chi connectivity index (χ1) is 10.6. The van der Waals surface area contributed by atoms with Gasteiger partial charge in [0.1, 0.15) is 6.10 Å². The van der Waals surface area contributed by atoms with E-state index in [2.05, 4.69) is 20.8 Å². The Hall–Kier alpha value is -1.70. The minimum atomic E-state index is -0.190. The van der Waals surface area contributed by atoms with Crippen molar-refractivity contribution >= 4 is 22.2 Å². The summed E-state index contributed by atoms with van der Waals surface area (Å²) in [6.07, 6.45) is 0.814. The van der Waals surface area contributed by atoms with Crippen LogP contribution in [0.3, 0.4) is 0 Å². The molecular formula is C15H22N4O2S. The zero-order chi connectivity index (χ0) is 16.1. The van der Waals surface area contributed by atoms with Gasteiger partial charge in [0.25, 0.3) is 5.91 Å². The molecule has 2 heterocycles. The van der Waals surface area contributed by atoms with Crippen LogP contribution < -0.4 is 10.6 Å². The number of carbonyl (C=O) groups is 1. The van der Waals surface area contributed by atoms with Gasteiger partial charge in [-0.3, -0.25) is 9.89 Å². The van der Waals surface area contributed by atoms with Crippen molar-refractivity contribution in [3.05, 3.63) is 34.0 Å². The van der Waals surface area contributed by atoms with Crippen molar-refractivity contribution in [1.29, 1.82) is 0 Å². The zero-order valence-electron chi connectivity index (χ0n) is 13.3. The lowest BCUT2D eigenvalue weighted by Gasteiger charge is -2.12. The molecule has 2 rings (SSSR count). The van der Waals surface area contributed by atoms with E-state index in [9.17, 15) is 4.79 Å². The second-order valence-corrected chi connectivity index (χ2v) is 6.08. The molecule has 2 aromatic rings. The summed E-state index contributed by atoms with van der Waals surface area (Å²) in [4.78, 5) is 13.4. The highest BCUT2D eigenvalue weighted by Crippen LogP contribution is 2.29. The molecule has 0 saturated heterocycles. The van der Waals surface area contributed by atoms with E-state index >= 15 is 0 Å². The molecule has 0 aliphatic heterocycles. The molecule has 2 aromatic heterocycles. The van der Waals surface area contributed by atoms with Crippen LogP contribution >= 0.6 is 11.3 Å². The summed E-state index contributed by atoms with van der Waals surface area (Å²) in [5, 5.41) is 13.8. The van der Waals surface area contributed by atoms with Gasteiger partial charge in [-0.05, 0) is 32.5 Å². The van der Waals surface area contributed by atoms with Crippen molar-refractivity contribution in [3.63, 3.8) is 0 Å². The lowest BCUT2D eigenvalue weighted by molar-refractivity contribution is 0.102. The molecule has 0 aliphatic carbocycles. The van der Waals surface area contributed by atoms with Gasteiger partial charge in [-0.1, -0.05) is 6.92 Å². The Morgan fingerprint density at radius 1 is 1.50 bits per heavy atom. The largest absolute Gasteiger partial charge is 0.375 e. The summed E-state index contributed by atoms with van der Waals surface area (Å²) in [6, 6.07) is 3.86. The van der Waals surface area contributed by atoms with Crippen molar-refractivity contribution in [2.75, 3.05) is 26.0 Å². The number of rotatable bonds is 7. The van der Waals surface area contributed by atoms with Crippen molar-refractivity contribution < 1.29 is 9.53 Å². The normalized spacial score (nSPS) is 12.4. The molecule has 0 saturated carbocycles. The monoisotopic (exact) mass is 322 g/mol. The average molecular weight is 322 g/mol. The molecule has 120 valence electrons. The second kappa shape index (κ2) is 7.53. The Morgan fingerprint density at radius 3 is 2.86 bits per heavy atom. The molecule has 0 spiro atoms. The molecule has 0 fully saturated rings. The van der Waals surface area contributed by atoms with Crippen LogP contribution in [0.1, 0.15) is 39.7 Å². The minimum Gasteiger partial charge on any atom is -0.375 e. The number of H-pyrrole nitrogens is 1. The fraction of sp³-hybridized carbons (Fsp3) is 0.467. The van der Waals surface area contributed by atoms with Crippen molar-refractivity contribution in [3.8, 4) is 0 Å². The van der Waals surface area contributed by atoms with Gasteiger partial charge < -0.3 is 15.4 Å². The van der Waals surface area contributed by atoms with Crippen LogP contribution in [0.5, 0.6) is 0 Å². The number of amides is 1. The Labute approximate surface area is 134 Å².